The smallest absolute Gasteiger partial charge is 0.266 e. The minimum atomic E-state index is 0.442. The Hall–Kier alpha value is -2.02. The van der Waals surface area contributed by atoms with E-state index in [0.29, 0.717) is 30.4 Å². The molecule has 3 rings (SSSR count). The Morgan fingerprint density at radius 1 is 1.26 bits per heavy atom. The van der Waals surface area contributed by atoms with Crippen LogP contribution >= 0.6 is 15.9 Å². The maximum Gasteiger partial charge on any atom is 0.266 e. The Morgan fingerprint density at radius 3 is 2.95 bits per heavy atom. The number of aromatic nitrogens is 5. The molecule has 3 aromatic heterocycles. The van der Waals surface area contributed by atoms with Crippen molar-refractivity contribution in [3.8, 4) is 11.6 Å². The van der Waals surface area contributed by atoms with Crippen molar-refractivity contribution in [1.29, 1.82) is 0 Å². The van der Waals surface area contributed by atoms with E-state index in [-0.39, 0.29) is 0 Å². The molecule has 96 valence electrons. The van der Waals surface area contributed by atoms with Crippen molar-refractivity contribution in [3.05, 3.63) is 47.2 Å². The highest BCUT2D eigenvalue weighted by Crippen LogP contribution is 2.14. The monoisotopic (exact) mass is 319 g/mol. The van der Waals surface area contributed by atoms with Crippen molar-refractivity contribution in [2.45, 2.75) is 13.0 Å². The first-order valence-corrected chi connectivity index (χ1v) is 6.52. The zero-order valence-electron chi connectivity index (χ0n) is 9.90. The Balaban J connectivity index is 1.68. The average molecular weight is 320 g/mol. The van der Waals surface area contributed by atoms with Crippen molar-refractivity contribution in [1.82, 2.24) is 25.0 Å². The van der Waals surface area contributed by atoms with Crippen molar-refractivity contribution in [3.63, 3.8) is 0 Å². The SMILES string of the molecule is Brc1cnn(CCc2nnc(-c3ccccn3)o2)c1. The third kappa shape index (κ3) is 2.87. The Kier molecular flexibility index (Phi) is 3.37. The average Bonchev–Trinajstić information content (AvgIpc) is 3.06. The second kappa shape index (κ2) is 5.31. The summed E-state index contributed by atoms with van der Waals surface area (Å²) in [5.41, 5.74) is 0.683. The highest BCUT2D eigenvalue weighted by molar-refractivity contribution is 9.10. The van der Waals surface area contributed by atoms with E-state index < -0.39 is 0 Å². The van der Waals surface area contributed by atoms with Crippen molar-refractivity contribution in [2.24, 2.45) is 0 Å². The summed E-state index contributed by atoms with van der Waals surface area (Å²) in [4.78, 5) is 4.16. The fourth-order valence-electron chi connectivity index (χ4n) is 1.62. The fraction of sp³-hybridized carbons (Fsp3) is 0.167. The van der Waals surface area contributed by atoms with E-state index in [4.69, 9.17) is 4.42 Å². The van der Waals surface area contributed by atoms with Gasteiger partial charge in [-0.2, -0.15) is 5.10 Å². The molecule has 7 heteroatoms. The van der Waals surface area contributed by atoms with E-state index in [0.717, 1.165) is 4.47 Å². The molecule has 0 aliphatic rings. The van der Waals surface area contributed by atoms with Gasteiger partial charge in [-0.05, 0) is 28.1 Å². The summed E-state index contributed by atoms with van der Waals surface area (Å²) in [6.45, 7) is 0.690. The number of halogens is 1. The zero-order valence-corrected chi connectivity index (χ0v) is 11.5. The third-order valence-corrected chi connectivity index (χ3v) is 2.92. The molecule has 0 N–H and O–H groups in total. The molecule has 0 atom stereocenters. The number of hydrogen-bond donors (Lipinski definition) is 0. The molecule has 0 saturated heterocycles. The van der Waals surface area contributed by atoms with Gasteiger partial charge in [0.25, 0.3) is 5.89 Å². The summed E-state index contributed by atoms with van der Waals surface area (Å²) in [6, 6.07) is 5.56. The van der Waals surface area contributed by atoms with Gasteiger partial charge in [0, 0.05) is 25.4 Å². The summed E-state index contributed by atoms with van der Waals surface area (Å²) in [6.07, 6.45) is 5.97. The van der Waals surface area contributed by atoms with Gasteiger partial charge < -0.3 is 4.42 Å². The van der Waals surface area contributed by atoms with Gasteiger partial charge in [-0.15, -0.1) is 10.2 Å². The predicted molar refractivity (Wildman–Crippen MR) is 71.2 cm³/mol. The van der Waals surface area contributed by atoms with E-state index in [1.54, 1.807) is 12.4 Å². The van der Waals surface area contributed by atoms with Crippen LogP contribution in [0.25, 0.3) is 11.6 Å². The van der Waals surface area contributed by atoms with Gasteiger partial charge in [0.1, 0.15) is 5.69 Å². The molecule has 0 aromatic carbocycles. The quantitative estimate of drug-likeness (QED) is 0.738. The van der Waals surface area contributed by atoms with Gasteiger partial charge in [-0.25, -0.2) is 0 Å². The molecule has 19 heavy (non-hydrogen) atoms. The molecule has 0 aliphatic carbocycles. The molecular formula is C12H10BrN5O. The van der Waals surface area contributed by atoms with Gasteiger partial charge in [-0.3, -0.25) is 9.67 Å². The molecule has 0 spiro atoms. The normalized spacial score (nSPS) is 10.8. The lowest BCUT2D eigenvalue weighted by molar-refractivity contribution is 0.474. The van der Waals surface area contributed by atoms with Gasteiger partial charge >= 0.3 is 0 Å². The van der Waals surface area contributed by atoms with E-state index in [1.165, 1.54) is 0 Å². The largest absolute Gasteiger partial charge is 0.419 e. The topological polar surface area (TPSA) is 69.6 Å². The van der Waals surface area contributed by atoms with Crippen LogP contribution in [0.4, 0.5) is 0 Å². The second-order valence-electron chi connectivity index (χ2n) is 3.89. The maximum atomic E-state index is 5.56. The highest BCUT2D eigenvalue weighted by Gasteiger charge is 2.09. The molecule has 0 saturated carbocycles. The van der Waals surface area contributed by atoms with Crippen LogP contribution in [0.2, 0.25) is 0 Å². The summed E-state index contributed by atoms with van der Waals surface area (Å²) >= 11 is 3.35. The lowest BCUT2D eigenvalue weighted by Gasteiger charge is -1.96. The number of pyridine rings is 1. The van der Waals surface area contributed by atoms with E-state index in [9.17, 15) is 0 Å². The van der Waals surface area contributed by atoms with Crippen molar-refractivity contribution >= 4 is 15.9 Å². The standard InChI is InChI=1S/C12H10BrN5O/c13-9-7-15-18(8-9)6-4-11-16-17-12(19-11)10-3-1-2-5-14-10/h1-3,5,7-8H,4,6H2. The first-order valence-electron chi connectivity index (χ1n) is 5.73. The van der Waals surface area contributed by atoms with Crippen LogP contribution in [-0.4, -0.2) is 25.0 Å². The third-order valence-electron chi connectivity index (χ3n) is 2.51. The predicted octanol–water partition coefficient (Wildman–Crippen LogP) is 2.33. The first kappa shape index (κ1) is 12.0. The fourth-order valence-corrected chi connectivity index (χ4v) is 1.95. The molecule has 3 heterocycles. The van der Waals surface area contributed by atoms with E-state index >= 15 is 0 Å². The lowest BCUT2D eigenvalue weighted by atomic mass is 10.3. The van der Waals surface area contributed by atoms with Crippen molar-refractivity contribution < 1.29 is 4.42 Å². The molecule has 0 bridgehead atoms. The minimum absolute atomic E-state index is 0.442. The minimum Gasteiger partial charge on any atom is -0.419 e. The summed E-state index contributed by atoms with van der Waals surface area (Å²) in [7, 11) is 0. The van der Waals surface area contributed by atoms with Crippen LogP contribution in [0, 0.1) is 0 Å². The van der Waals surface area contributed by atoms with Gasteiger partial charge in [0.2, 0.25) is 5.89 Å². The summed E-state index contributed by atoms with van der Waals surface area (Å²) in [5.74, 6) is 1.02. The van der Waals surface area contributed by atoms with E-state index in [2.05, 4.69) is 36.2 Å². The Morgan fingerprint density at radius 2 is 2.21 bits per heavy atom. The lowest BCUT2D eigenvalue weighted by Crippen LogP contribution is -2.01. The molecule has 0 aliphatic heterocycles. The first-order chi connectivity index (χ1) is 9.31. The van der Waals surface area contributed by atoms with Gasteiger partial charge in [0.05, 0.1) is 10.7 Å². The summed E-state index contributed by atoms with van der Waals surface area (Å²) in [5, 5.41) is 12.2. The van der Waals surface area contributed by atoms with Crippen LogP contribution in [-0.2, 0) is 13.0 Å². The molecular weight excluding hydrogens is 310 g/mol. The number of rotatable bonds is 4. The molecule has 0 unspecified atom stereocenters. The van der Waals surface area contributed by atoms with Gasteiger partial charge in [-0.1, -0.05) is 6.07 Å². The molecule has 0 amide bonds. The van der Waals surface area contributed by atoms with Crippen LogP contribution in [0.15, 0.2) is 45.7 Å². The van der Waals surface area contributed by atoms with Crippen LogP contribution < -0.4 is 0 Å². The molecule has 0 fully saturated rings. The Bertz CT molecular complexity index is 664. The van der Waals surface area contributed by atoms with Crippen molar-refractivity contribution in [2.75, 3.05) is 0 Å². The molecule has 0 radical (unpaired) electrons. The van der Waals surface area contributed by atoms with E-state index in [1.807, 2.05) is 29.1 Å². The van der Waals surface area contributed by atoms with Crippen LogP contribution in [0.1, 0.15) is 5.89 Å². The summed E-state index contributed by atoms with van der Waals surface area (Å²) < 4.78 is 8.33. The van der Waals surface area contributed by atoms with Crippen LogP contribution in [0.3, 0.4) is 0 Å². The molecule has 6 nitrogen and oxygen atoms in total. The number of nitrogens with zero attached hydrogens (tertiary/aromatic N) is 5. The highest BCUT2D eigenvalue weighted by atomic mass is 79.9. The molecule has 3 aromatic rings. The zero-order chi connectivity index (χ0) is 13.1. The number of aryl methyl sites for hydroxylation is 2. The van der Waals surface area contributed by atoms with Crippen LogP contribution in [0.5, 0.6) is 0 Å². The van der Waals surface area contributed by atoms with Gasteiger partial charge in [0.15, 0.2) is 0 Å². The number of hydrogen-bond acceptors (Lipinski definition) is 5. The second-order valence-corrected chi connectivity index (χ2v) is 4.80. The Labute approximate surface area is 117 Å². The maximum absolute atomic E-state index is 5.56.